The van der Waals surface area contributed by atoms with Crippen molar-refractivity contribution in [2.24, 2.45) is 0 Å². The highest BCUT2D eigenvalue weighted by atomic mass is 16.2. The minimum atomic E-state index is 0.0539. The van der Waals surface area contributed by atoms with Gasteiger partial charge in [-0.05, 0) is 43.8 Å². The molecule has 0 saturated carbocycles. The molecule has 0 aliphatic carbocycles. The number of hydrogen-bond donors (Lipinski definition) is 0. The molecular formula is C24H27N5O. The summed E-state index contributed by atoms with van der Waals surface area (Å²) in [4.78, 5) is 21.2. The zero-order valence-corrected chi connectivity index (χ0v) is 17.3. The van der Waals surface area contributed by atoms with Gasteiger partial charge in [-0.25, -0.2) is 0 Å². The maximum Gasteiger partial charge on any atom is 0.246 e. The van der Waals surface area contributed by atoms with Gasteiger partial charge in [0.25, 0.3) is 0 Å². The first kappa shape index (κ1) is 20.0. The van der Waals surface area contributed by atoms with Crippen LogP contribution in [0.4, 0.5) is 0 Å². The Morgan fingerprint density at radius 1 is 1.07 bits per heavy atom. The molecule has 154 valence electrons. The molecular weight excluding hydrogens is 374 g/mol. The van der Waals surface area contributed by atoms with Gasteiger partial charge in [-0.1, -0.05) is 30.3 Å². The predicted molar refractivity (Wildman–Crippen MR) is 119 cm³/mol. The van der Waals surface area contributed by atoms with E-state index >= 15 is 0 Å². The van der Waals surface area contributed by atoms with Crippen molar-refractivity contribution < 1.29 is 4.79 Å². The topological polar surface area (TPSA) is 54.3 Å². The zero-order chi connectivity index (χ0) is 20.8. The van der Waals surface area contributed by atoms with E-state index in [0.29, 0.717) is 6.54 Å². The van der Waals surface area contributed by atoms with Gasteiger partial charge in [-0.3, -0.25) is 14.5 Å². The van der Waals surface area contributed by atoms with Crippen molar-refractivity contribution in [2.45, 2.75) is 13.0 Å². The molecule has 0 spiro atoms. The number of amides is 1. The normalized spacial score (nSPS) is 15.4. The fraction of sp³-hybridized carbons (Fsp3) is 0.292. The van der Waals surface area contributed by atoms with E-state index in [-0.39, 0.29) is 5.91 Å². The van der Waals surface area contributed by atoms with E-state index in [1.165, 1.54) is 5.56 Å². The van der Waals surface area contributed by atoms with Gasteiger partial charge in [0, 0.05) is 55.4 Å². The summed E-state index contributed by atoms with van der Waals surface area (Å²) in [6.07, 6.45) is 10.1. The van der Waals surface area contributed by atoms with Crippen LogP contribution in [-0.2, 0) is 11.3 Å². The van der Waals surface area contributed by atoms with Crippen molar-refractivity contribution in [3.8, 4) is 11.3 Å². The Bertz CT molecular complexity index is 997. The molecule has 0 radical (unpaired) electrons. The Morgan fingerprint density at radius 3 is 2.73 bits per heavy atom. The van der Waals surface area contributed by atoms with Crippen LogP contribution in [0.2, 0.25) is 0 Å². The fourth-order valence-corrected chi connectivity index (χ4v) is 3.67. The fourth-order valence-electron chi connectivity index (χ4n) is 3.67. The van der Waals surface area contributed by atoms with Crippen LogP contribution < -0.4 is 0 Å². The summed E-state index contributed by atoms with van der Waals surface area (Å²) in [5.74, 6) is 0.0539. The monoisotopic (exact) mass is 401 g/mol. The quantitative estimate of drug-likeness (QED) is 0.616. The first-order valence-electron chi connectivity index (χ1n) is 10.4. The van der Waals surface area contributed by atoms with Crippen molar-refractivity contribution in [3.63, 3.8) is 0 Å². The van der Waals surface area contributed by atoms with Crippen LogP contribution >= 0.6 is 0 Å². The van der Waals surface area contributed by atoms with Crippen LogP contribution in [0.3, 0.4) is 0 Å². The summed E-state index contributed by atoms with van der Waals surface area (Å²) < 4.78 is 1.92. The number of aromatic nitrogens is 3. The Morgan fingerprint density at radius 2 is 1.93 bits per heavy atom. The van der Waals surface area contributed by atoms with E-state index < -0.39 is 0 Å². The van der Waals surface area contributed by atoms with Crippen molar-refractivity contribution in [1.82, 2.24) is 24.6 Å². The lowest BCUT2D eigenvalue weighted by Crippen LogP contribution is -2.33. The summed E-state index contributed by atoms with van der Waals surface area (Å²) in [7, 11) is 2.10. The van der Waals surface area contributed by atoms with Gasteiger partial charge in [-0.15, -0.1) is 0 Å². The van der Waals surface area contributed by atoms with Gasteiger partial charge in [-0.2, -0.15) is 5.10 Å². The third-order valence-corrected chi connectivity index (χ3v) is 5.35. The molecule has 6 nitrogen and oxygen atoms in total. The second kappa shape index (κ2) is 9.50. The highest BCUT2D eigenvalue weighted by Crippen LogP contribution is 2.23. The SMILES string of the molecule is CN1CCCN(C(=O)/C=C/c2cn(Cc3ccccc3)nc2-c2cccnc2)CC1. The van der Waals surface area contributed by atoms with Gasteiger partial charge in [0.1, 0.15) is 5.69 Å². The molecule has 1 amide bonds. The van der Waals surface area contributed by atoms with E-state index in [2.05, 4.69) is 29.1 Å². The minimum Gasteiger partial charge on any atom is -0.338 e. The molecule has 1 saturated heterocycles. The molecule has 2 aromatic heterocycles. The summed E-state index contributed by atoms with van der Waals surface area (Å²) in [6, 6.07) is 14.1. The molecule has 1 aromatic carbocycles. The van der Waals surface area contributed by atoms with E-state index in [1.807, 2.05) is 52.2 Å². The molecule has 1 aliphatic rings. The number of nitrogens with zero attached hydrogens (tertiary/aromatic N) is 5. The number of carbonyl (C=O) groups is 1. The molecule has 3 heterocycles. The van der Waals surface area contributed by atoms with Gasteiger partial charge < -0.3 is 9.80 Å². The number of likely N-dealkylation sites (N-methyl/N-ethyl adjacent to an activating group) is 1. The number of carbonyl (C=O) groups excluding carboxylic acids is 1. The summed E-state index contributed by atoms with van der Waals surface area (Å²) in [5, 5.41) is 4.78. The molecule has 0 unspecified atom stereocenters. The third-order valence-electron chi connectivity index (χ3n) is 5.35. The smallest absolute Gasteiger partial charge is 0.246 e. The van der Waals surface area contributed by atoms with Crippen LogP contribution in [0.5, 0.6) is 0 Å². The maximum atomic E-state index is 12.8. The molecule has 0 bridgehead atoms. The molecule has 6 heteroatoms. The number of rotatable bonds is 5. The van der Waals surface area contributed by atoms with Gasteiger partial charge in [0.15, 0.2) is 0 Å². The molecule has 1 aliphatic heterocycles. The third kappa shape index (κ3) is 5.02. The molecule has 0 N–H and O–H groups in total. The van der Waals surface area contributed by atoms with Gasteiger partial charge >= 0.3 is 0 Å². The number of benzene rings is 1. The lowest BCUT2D eigenvalue weighted by Gasteiger charge is -2.18. The first-order chi connectivity index (χ1) is 14.7. The first-order valence-corrected chi connectivity index (χ1v) is 10.4. The second-order valence-corrected chi connectivity index (χ2v) is 7.67. The van der Waals surface area contributed by atoms with Gasteiger partial charge in [0.2, 0.25) is 5.91 Å². The predicted octanol–water partition coefficient (Wildman–Crippen LogP) is 3.17. The second-order valence-electron chi connectivity index (χ2n) is 7.67. The summed E-state index contributed by atoms with van der Waals surface area (Å²) in [5.41, 5.74) is 3.86. The number of hydrogen-bond acceptors (Lipinski definition) is 4. The Hall–Kier alpha value is -3.25. The lowest BCUT2D eigenvalue weighted by molar-refractivity contribution is -0.125. The van der Waals surface area contributed by atoms with Crippen LogP contribution in [0.15, 0.2) is 67.1 Å². The summed E-state index contributed by atoms with van der Waals surface area (Å²) in [6.45, 7) is 4.19. The summed E-state index contributed by atoms with van der Waals surface area (Å²) >= 11 is 0. The van der Waals surface area contributed by atoms with Crippen LogP contribution in [0.25, 0.3) is 17.3 Å². The molecule has 1 fully saturated rings. The standard InChI is InChI=1S/C24H27N5O/c1-27-13-6-14-28(16-15-27)23(30)11-10-22-19-29(18-20-7-3-2-4-8-20)26-24(22)21-9-5-12-25-17-21/h2-5,7-12,17,19H,6,13-16,18H2,1H3/b11-10+. The molecule has 3 aromatic rings. The van der Waals surface area contributed by atoms with Gasteiger partial charge in [0.05, 0.1) is 6.54 Å². The van der Waals surface area contributed by atoms with E-state index in [9.17, 15) is 4.79 Å². The minimum absolute atomic E-state index is 0.0539. The average Bonchev–Trinajstić information content (AvgIpc) is 3.04. The van der Waals surface area contributed by atoms with E-state index in [1.54, 1.807) is 18.5 Å². The molecule has 30 heavy (non-hydrogen) atoms. The molecule has 4 rings (SSSR count). The zero-order valence-electron chi connectivity index (χ0n) is 17.3. The highest BCUT2D eigenvalue weighted by molar-refractivity contribution is 5.92. The average molecular weight is 402 g/mol. The Balaban J connectivity index is 1.57. The van der Waals surface area contributed by atoms with Crippen LogP contribution in [0.1, 0.15) is 17.5 Å². The van der Waals surface area contributed by atoms with Crippen molar-refractivity contribution >= 4 is 12.0 Å². The Kier molecular flexibility index (Phi) is 6.35. The van der Waals surface area contributed by atoms with Crippen molar-refractivity contribution in [3.05, 3.63) is 78.3 Å². The van der Waals surface area contributed by atoms with E-state index in [4.69, 9.17) is 5.10 Å². The lowest BCUT2D eigenvalue weighted by atomic mass is 10.1. The van der Waals surface area contributed by atoms with E-state index in [0.717, 1.165) is 49.4 Å². The largest absolute Gasteiger partial charge is 0.338 e. The van der Waals surface area contributed by atoms with Crippen LogP contribution in [0, 0.1) is 0 Å². The van der Waals surface area contributed by atoms with Crippen molar-refractivity contribution in [2.75, 3.05) is 33.2 Å². The highest BCUT2D eigenvalue weighted by Gasteiger charge is 2.16. The number of pyridine rings is 1. The van der Waals surface area contributed by atoms with Crippen molar-refractivity contribution in [1.29, 1.82) is 0 Å². The molecule has 0 atom stereocenters. The Labute approximate surface area is 177 Å². The maximum absolute atomic E-state index is 12.8. The van der Waals surface area contributed by atoms with Crippen LogP contribution in [-0.4, -0.2) is 63.7 Å².